The molecule has 6 nitrogen and oxygen atoms in total. The van der Waals surface area contributed by atoms with E-state index in [1.807, 2.05) is 12.1 Å². The van der Waals surface area contributed by atoms with E-state index in [9.17, 15) is 23.1 Å². The second kappa shape index (κ2) is 11.1. The van der Waals surface area contributed by atoms with Gasteiger partial charge in [0.25, 0.3) is 0 Å². The van der Waals surface area contributed by atoms with Gasteiger partial charge in [-0.1, -0.05) is 24.3 Å². The molecule has 216 valence electrons. The Hall–Kier alpha value is -3.04. The highest BCUT2D eigenvalue weighted by atomic mass is 19.4. The van der Waals surface area contributed by atoms with Crippen molar-refractivity contribution in [3.05, 3.63) is 65.7 Å². The summed E-state index contributed by atoms with van der Waals surface area (Å²) in [5, 5.41) is 10.4. The number of aromatic hydroxyl groups is 1. The maximum atomic E-state index is 13.3. The van der Waals surface area contributed by atoms with Crippen LogP contribution in [0, 0.1) is 5.92 Å². The molecule has 1 N–H and O–H groups in total. The lowest BCUT2D eigenvalue weighted by atomic mass is 9.55. The van der Waals surface area contributed by atoms with Gasteiger partial charge in [0.15, 0.2) is 0 Å². The summed E-state index contributed by atoms with van der Waals surface area (Å²) in [4.78, 5) is 17.5. The first kappa shape index (κ1) is 28.5. The summed E-state index contributed by atoms with van der Waals surface area (Å²) >= 11 is 0. The number of rotatable bonds is 8. The highest BCUT2D eigenvalue weighted by Gasteiger charge is 2.59. The zero-order valence-corrected chi connectivity index (χ0v) is 23.0. The highest BCUT2D eigenvalue weighted by Crippen LogP contribution is 2.54. The number of alkyl halides is 3. The fraction of sp³-hybridized carbons (Fsp3) is 0.516. The molecule has 5 rings (SSSR count). The average Bonchev–Trinajstić information content (AvgIpc) is 3.74. The molecule has 1 saturated heterocycles. The van der Waals surface area contributed by atoms with Crippen LogP contribution in [0.25, 0.3) is 6.08 Å². The highest BCUT2D eigenvalue weighted by molar-refractivity contribution is 5.91. The number of halogens is 3. The molecule has 0 aromatic heterocycles. The van der Waals surface area contributed by atoms with Crippen molar-refractivity contribution < 1.29 is 32.5 Å². The number of carbonyl (C=O) groups is 1. The molecule has 2 aromatic carbocycles. The molecular weight excluding hydrogens is 521 g/mol. The Balaban J connectivity index is 1.36. The minimum atomic E-state index is -4.78. The third-order valence-electron chi connectivity index (χ3n) is 9.08. The Morgan fingerprint density at radius 3 is 2.62 bits per heavy atom. The fourth-order valence-electron chi connectivity index (χ4n) is 6.80. The van der Waals surface area contributed by atoms with Crippen LogP contribution in [0.4, 0.5) is 13.2 Å². The molecule has 2 aromatic rings. The van der Waals surface area contributed by atoms with Crippen LogP contribution in [0.3, 0.4) is 0 Å². The van der Waals surface area contributed by atoms with E-state index in [0.717, 1.165) is 50.4 Å². The van der Waals surface area contributed by atoms with Crippen molar-refractivity contribution in [3.63, 3.8) is 0 Å². The summed E-state index contributed by atoms with van der Waals surface area (Å²) in [6.07, 6.45) is 3.77. The number of carbonyl (C=O) groups excluding carboxylic acids is 1. The van der Waals surface area contributed by atoms with Crippen LogP contribution in [-0.4, -0.2) is 72.6 Å². The normalized spacial score (nSPS) is 27.4. The Kier molecular flexibility index (Phi) is 7.90. The summed E-state index contributed by atoms with van der Waals surface area (Å²) in [6, 6.07) is 12.9. The lowest BCUT2D eigenvalue weighted by Crippen LogP contribution is -2.68. The Labute approximate surface area is 233 Å². The number of amides is 1. The number of hydrogen-bond donors (Lipinski definition) is 1. The van der Waals surface area contributed by atoms with Crippen LogP contribution in [0.2, 0.25) is 0 Å². The van der Waals surface area contributed by atoms with E-state index < -0.39 is 12.0 Å². The SMILES string of the molecule is COC12CCC(N(C)C(=O)/C=C/c3cccc(OC(F)(F)F)c3)CC1(c1cccc(O)c1)CCN(CC1CC1)C2. The van der Waals surface area contributed by atoms with Crippen LogP contribution in [0.5, 0.6) is 11.5 Å². The number of piperidine rings is 1. The molecule has 1 aliphatic heterocycles. The van der Waals surface area contributed by atoms with E-state index in [1.54, 1.807) is 31.2 Å². The average molecular weight is 559 g/mol. The van der Waals surface area contributed by atoms with Gasteiger partial charge in [0.05, 0.1) is 5.60 Å². The van der Waals surface area contributed by atoms with E-state index in [4.69, 9.17) is 4.74 Å². The zero-order chi connectivity index (χ0) is 28.5. The number of methoxy groups -OCH3 is 1. The minimum absolute atomic E-state index is 0.0716. The molecular formula is C31H37F3N2O4. The zero-order valence-electron chi connectivity index (χ0n) is 23.0. The molecule has 3 atom stereocenters. The van der Waals surface area contributed by atoms with E-state index in [1.165, 1.54) is 43.2 Å². The molecule has 2 aliphatic carbocycles. The summed E-state index contributed by atoms with van der Waals surface area (Å²) in [6.45, 7) is 2.83. The predicted molar refractivity (Wildman–Crippen MR) is 146 cm³/mol. The van der Waals surface area contributed by atoms with E-state index in [-0.39, 0.29) is 28.9 Å². The molecule has 1 heterocycles. The summed E-state index contributed by atoms with van der Waals surface area (Å²) in [5.74, 6) is 0.423. The van der Waals surface area contributed by atoms with Crippen LogP contribution >= 0.6 is 0 Å². The Bertz CT molecular complexity index is 1250. The smallest absolute Gasteiger partial charge is 0.508 e. The van der Waals surface area contributed by atoms with Crippen molar-refractivity contribution >= 4 is 12.0 Å². The van der Waals surface area contributed by atoms with E-state index >= 15 is 0 Å². The van der Waals surface area contributed by atoms with Crippen molar-refractivity contribution in [2.45, 2.75) is 61.9 Å². The third-order valence-corrected chi connectivity index (χ3v) is 9.08. The molecule has 9 heteroatoms. The topological polar surface area (TPSA) is 62.2 Å². The van der Waals surface area contributed by atoms with Gasteiger partial charge in [0.2, 0.25) is 5.91 Å². The molecule has 3 unspecified atom stereocenters. The number of nitrogens with zero attached hydrogens (tertiary/aromatic N) is 2. The lowest BCUT2D eigenvalue weighted by Gasteiger charge is -2.60. The van der Waals surface area contributed by atoms with Gasteiger partial charge in [-0.3, -0.25) is 4.79 Å². The van der Waals surface area contributed by atoms with Crippen LogP contribution in [-0.2, 0) is 14.9 Å². The molecule has 1 amide bonds. The quantitative estimate of drug-likeness (QED) is 0.418. The summed E-state index contributed by atoms with van der Waals surface area (Å²) in [7, 11) is 3.56. The monoisotopic (exact) mass is 558 g/mol. The van der Waals surface area contributed by atoms with Crippen molar-refractivity contribution in [1.82, 2.24) is 9.80 Å². The molecule has 3 fully saturated rings. The van der Waals surface area contributed by atoms with Gasteiger partial charge in [-0.15, -0.1) is 13.2 Å². The van der Waals surface area contributed by atoms with Gasteiger partial charge in [-0.25, -0.2) is 0 Å². The Morgan fingerprint density at radius 1 is 1.15 bits per heavy atom. The predicted octanol–water partition coefficient (Wildman–Crippen LogP) is 5.75. The second-order valence-corrected chi connectivity index (χ2v) is 11.6. The molecule has 0 bridgehead atoms. The van der Waals surface area contributed by atoms with Crippen molar-refractivity contribution in [2.24, 2.45) is 5.92 Å². The number of ether oxygens (including phenoxy) is 2. The van der Waals surface area contributed by atoms with Crippen molar-refractivity contribution in [1.29, 1.82) is 0 Å². The van der Waals surface area contributed by atoms with Gasteiger partial charge in [-0.05, 0) is 92.5 Å². The van der Waals surface area contributed by atoms with E-state index in [0.29, 0.717) is 12.0 Å². The lowest BCUT2D eigenvalue weighted by molar-refractivity contribution is -0.274. The first-order valence-corrected chi connectivity index (χ1v) is 13.9. The maximum absolute atomic E-state index is 13.3. The summed E-state index contributed by atoms with van der Waals surface area (Å²) < 4.78 is 48.2. The van der Waals surface area contributed by atoms with Crippen molar-refractivity contribution in [3.8, 4) is 11.5 Å². The minimum Gasteiger partial charge on any atom is -0.508 e. The standard InChI is InChI=1S/C31H37F3N2O4/c1-35(28(38)12-11-22-5-3-8-27(17-22)40-31(32,33)34)25-13-14-30(39-2)21-36(20-23-9-10-23)16-15-29(30,19-25)24-6-4-7-26(37)18-24/h3-8,11-12,17-18,23,25,37H,9-10,13-16,19-21H2,1-2H3/b12-11+. The van der Waals surface area contributed by atoms with Gasteiger partial charge >= 0.3 is 6.36 Å². The summed E-state index contributed by atoms with van der Waals surface area (Å²) in [5.41, 5.74) is 0.640. The number of hydrogen-bond acceptors (Lipinski definition) is 5. The fourth-order valence-corrected chi connectivity index (χ4v) is 6.80. The first-order valence-electron chi connectivity index (χ1n) is 13.9. The molecule has 0 radical (unpaired) electrons. The maximum Gasteiger partial charge on any atom is 0.573 e. The number of benzene rings is 2. The van der Waals surface area contributed by atoms with Gasteiger partial charge < -0.3 is 24.4 Å². The second-order valence-electron chi connectivity index (χ2n) is 11.6. The van der Waals surface area contributed by atoms with Gasteiger partial charge in [-0.2, -0.15) is 0 Å². The van der Waals surface area contributed by atoms with Crippen molar-refractivity contribution in [2.75, 3.05) is 33.8 Å². The number of fused-ring (bicyclic) bond motifs is 1. The molecule has 3 aliphatic rings. The van der Waals surface area contributed by atoms with E-state index in [2.05, 4.69) is 15.7 Å². The molecule has 2 saturated carbocycles. The molecule has 40 heavy (non-hydrogen) atoms. The largest absolute Gasteiger partial charge is 0.573 e. The van der Waals surface area contributed by atoms with Crippen LogP contribution < -0.4 is 4.74 Å². The van der Waals surface area contributed by atoms with Gasteiger partial charge in [0.1, 0.15) is 11.5 Å². The Morgan fingerprint density at radius 2 is 1.93 bits per heavy atom. The number of phenols is 1. The number of phenolic OH excluding ortho intramolecular Hbond substituents is 1. The third kappa shape index (κ3) is 6.00. The van der Waals surface area contributed by atoms with Crippen LogP contribution in [0.1, 0.15) is 49.7 Å². The van der Waals surface area contributed by atoms with Gasteiger partial charge in [0, 0.05) is 44.8 Å². The number of likely N-dealkylation sites (tertiary alicyclic amines) is 1. The molecule has 0 spiro atoms. The number of likely N-dealkylation sites (N-methyl/N-ethyl adjacent to an activating group) is 1. The van der Waals surface area contributed by atoms with Crippen LogP contribution in [0.15, 0.2) is 54.6 Å². The first-order chi connectivity index (χ1) is 19.0.